The lowest BCUT2D eigenvalue weighted by Gasteiger charge is -2.36. The summed E-state index contributed by atoms with van der Waals surface area (Å²) < 4.78 is 12.4. The van der Waals surface area contributed by atoms with Gasteiger partial charge in [-0.25, -0.2) is 0 Å². The average molecular weight is 347 g/mol. The van der Waals surface area contributed by atoms with E-state index in [1.165, 1.54) is 25.7 Å². The Morgan fingerprint density at radius 2 is 0.818 bits per heavy atom. The lowest BCUT2D eigenvalue weighted by atomic mass is 10.2. The molecule has 0 bridgehead atoms. The predicted octanol–water partition coefficient (Wildman–Crippen LogP) is 6.59. The minimum atomic E-state index is -1.55. The summed E-state index contributed by atoms with van der Waals surface area (Å²) in [5, 5.41) is 0.647. The first-order valence-electron chi connectivity index (χ1n) is 8.99. The van der Waals surface area contributed by atoms with Crippen molar-refractivity contribution in [3.05, 3.63) is 0 Å². The summed E-state index contributed by atoms with van der Waals surface area (Å²) in [5.74, 6) is 0. The van der Waals surface area contributed by atoms with Crippen molar-refractivity contribution in [2.75, 3.05) is 13.2 Å². The quantitative estimate of drug-likeness (QED) is 0.346. The zero-order chi connectivity index (χ0) is 17.7. The number of unbranched alkanes of at least 4 members (excludes halogenated alkanes) is 3. The van der Waals surface area contributed by atoms with E-state index < -0.39 is 16.6 Å². The van der Waals surface area contributed by atoms with Gasteiger partial charge >= 0.3 is 0 Å². The fourth-order valence-electron chi connectivity index (χ4n) is 1.65. The number of hydrogen-bond acceptors (Lipinski definition) is 2. The Bertz CT molecular complexity index is 280. The van der Waals surface area contributed by atoms with Gasteiger partial charge in [-0.1, -0.05) is 54.4 Å². The number of rotatable bonds is 9. The van der Waals surface area contributed by atoms with Crippen LogP contribution in [0.5, 0.6) is 0 Å². The predicted molar refractivity (Wildman–Crippen MR) is 105 cm³/mol. The highest BCUT2D eigenvalue weighted by Crippen LogP contribution is 2.37. The van der Waals surface area contributed by atoms with E-state index in [0.717, 1.165) is 13.2 Å². The molecule has 22 heavy (non-hydrogen) atoms. The Morgan fingerprint density at radius 3 is 1.05 bits per heavy atom. The molecule has 0 atom stereocenters. The van der Waals surface area contributed by atoms with Crippen molar-refractivity contribution in [2.45, 2.75) is 103 Å². The van der Waals surface area contributed by atoms with Crippen molar-refractivity contribution in [1.82, 2.24) is 0 Å². The summed E-state index contributed by atoms with van der Waals surface area (Å²) in [6, 6.07) is 0. The van der Waals surface area contributed by atoms with Crippen LogP contribution in [0.3, 0.4) is 0 Å². The normalized spacial score (nSPS) is 14.5. The van der Waals surface area contributed by atoms with E-state index >= 15 is 0 Å². The van der Waals surface area contributed by atoms with Gasteiger partial charge in [0, 0.05) is 13.2 Å². The largest absolute Gasteiger partial charge is 0.417 e. The second-order valence-electron chi connectivity index (χ2n) is 9.63. The topological polar surface area (TPSA) is 18.5 Å². The second kappa shape index (κ2) is 8.45. The molecule has 0 aromatic carbocycles. The summed E-state index contributed by atoms with van der Waals surface area (Å²) in [7, 11) is -3.09. The standard InChI is InChI=1S/C18H42O2Si2/c1-17(2,3)21(7,8)19-15-13-11-12-14-16-20-22(9,10)18(4,5)6/h11-16H2,1-10H3. The van der Waals surface area contributed by atoms with Crippen molar-refractivity contribution < 1.29 is 8.85 Å². The van der Waals surface area contributed by atoms with E-state index in [0.29, 0.717) is 10.1 Å². The van der Waals surface area contributed by atoms with E-state index in [4.69, 9.17) is 8.85 Å². The highest BCUT2D eigenvalue weighted by atomic mass is 28.4. The van der Waals surface area contributed by atoms with Crippen molar-refractivity contribution in [3.8, 4) is 0 Å². The molecule has 0 saturated carbocycles. The van der Waals surface area contributed by atoms with Gasteiger partial charge < -0.3 is 8.85 Å². The molecule has 4 heteroatoms. The van der Waals surface area contributed by atoms with Crippen LogP contribution in [0.15, 0.2) is 0 Å². The molecule has 0 aliphatic carbocycles. The molecule has 0 aromatic rings. The van der Waals surface area contributed by atoms with E-state index in [2.05, 4.69) is 67.7 Å². The van der Waals surface area contributed by atoms with Crippen LogP contribution in [0.1, 0.15) is 67.2 Å². The third kappa shape index (κ3) is 7.76. The third-order valence-electron chi connectivity index (χ3n) is 5.58. The Labute approximate surface area is 142 Å². The monoisotopic (exact) mass is 346 g/mol. The maximum absolute atomic E-state index is 6.21. The van der Waals surface area contributed by atoms with Crippen LogP contribution < -0.4 is 0 Å². The van der Waals surface area contributed by atoms with Crippen molar-refractivity contribution in [2.24, 2.45) is 0 Å². The molecule has 0 rings (SSSR count). The molecule has 0 radical (unpaired) electrons. The van der Waals surface area contributed by atoms with Crippen LogP contribution in [0.2, 0.25) is 36.3 Å². The van der Waals surface area contributed by atoms with Crippen molar-refractivity contribution in [3.63, 3.8) is 0 Å². The van der Waals surface area contributed by atoms with Gasteiger partial charge in [-0.15, -0.1) is 0 Å². The minimum absolute atomic E-state index is 0.323. The summed E-state index contributed by atoms with van der Waals surface area (Å²) in [5.41, 5.74) is 0. The highest BCUT2D eigenvalue weighted by Gasteiger charge is 2.37. The minimum Gasteiger partial charge on any atom is -0.417 e. The molecule has 2 nitrogen and oxygen atoms in total. The molecule has 0 unspecified atom stereocenters. The summed E-state index contributed by atoms with van der Waals surface area (Å²) >= 11 is 0. The van der Waals surface area contributed by atoms with E-state index in [-0.39, 0.29) is 0 Å². The lowest BCUT2D eigenvalue weighted by Crippen LogP contribution is -2.41. The van der Waals surface area contributed by atoms with Gasteiger partial charge in [0.05, 0.1) is 0 Å². The highest BCUT2D eigenvalue weighted by molar-refractivity contribution is 6.74. The molecule has 0 aromatic heterocycles. The summed E-state index contributed by atoms with van der Waals surface area (Å²) in [6.07, 6.45) is 4.89. The smallest absolute Gasteiger partial charge is 0.191 e. The van der Waals surface area contributed by atoms with Crippen LogP contribution in [0, 0.1) is 0 Å². The maximum Gasteiger partial charge on any atom is 0.191 e. The van der Waals surface area contributed by atoms with Crippen LogP contribution in [-0.2, 0) is 8.85 Å². The summed E-state index contributed by atoms with van der Waals surface area (Å²) in [4.78, 5) is 0. The fourth-order valence-corrected chi connectivity index (χ4v) is 3.82. The van der Waals surface area contributed by atoms with Crippen molar-refractivity contribution >= 4 is 16.6 Å². The lowest BCUT2D eigenvalue weighted by molar-refractivity contribution is 0.262. The molecule has 0 aliphatic heterocycles. The first-order valence-corrected chi connectivity index (χ1v) is 14.8. The van der Waals surface area contributed by atoms with Gasteiger partial charge in [0.25, 0.3) is 0 Å². The molecule has 0 saturated heterocycles. The summed E-state index contributed by atoms with van der Waals surface area (Å²) in [6.45, 7) is 25.0. The molecule has 0 heterocycles. The first-order chi connectivity index (χ1) is 9.71. The molecule has 0 fully saturated rings. The Morgan fingerprint density at radius 1 is 0.545 bits per heavy atom. The van der Waals surface area contributed by atoms with Crippen LogP contribution in [0.4, 0.5) is 0 Å². The fraction of sp³-hybridized carbons (Fsp3) is 1.00. The molecule has 0 aliphatic rings. The number of hydrogen-bond donors (Lipinski definition) is 0. The van der Waals surface area contributed by atoms with Crippen molar-refractivity contribution in [1.29, 1.82) is 0 Å². The van der Waals surface area contributed by atoms with Gasteiger partial charge in [-0.2, -0.15) is 0 Å². The molecular formula is C18H42O2Si2. The molecule has 0 spiro atoms. The second-order valence-corrected chi connectivity index (χ2v) is 19.3. The maximum atomic E-state index is 6.21. The first kappa shape index (κ1) is 22.4. The Hall–Kier alpha value is 0.354. The van der Waals surface area contributed by atoms with Crippen LogP contribution >= 0.6 is 0 Å². The zero-order valence-electron chi connectivity index (χ0n) is 17.1. The Kier molecular flexibility index (Phi) is 8.59. The van der Waals surface area contributed by atoms with Gasteiger partial charge in [-0.05, 0) is 49.1 Å². The Balaban J connectivity index is 3.73. The molecule has 0 amide bonds. The molecular weight excluding hydrogens is 304 g/mol. The van der Waals surface area contributed by atoms with Gasteiger partial charge in [0.2, 0.25) is 0 Å². The van der Waals surface area contributed by atoms with Gasteiger partial charge in [0.1, 0.15) is 0 Å². The van der Waals surface area contributed by atoms with E-state index in [1.54, 1.807) is 0 Å². The third-order valence-corrected chi connectivity index (χ3v) is 14.7. The van der Waals surface area contributed by atoms with Crippen LogP contribution in [0.25, 0.3) is 0 Å². The average Bonchev–Trinajstić information content (AvgIpc) is 2.29. The van der Waals surface area contributed by atoms with E-state index in [9.17, 15) is 0 Å². The van der Waals surface area contributed by atoms with E-state index in [1.807, 2.05) is 0 Å². The van der Waals surface area contributed by atoms with Gasteiger partial charge in [0.15, 0.2) is 16.6 Å². The molecule has 0 N–H and O–H groups in total. The SMILES string of the molecule is CC(C)(C)[Si](C)(C)OCCCCCCO[Si](C)(C)C(C)(C)C. The molecule has 134 valence electrons. The van der Waals surface area contributed by atoms with Crippen LogP contribution in [-0.4, -0.2) is 29.8 Å². The zero-order valence-corrected chi connectivity index (χ0v) is 19.1. The van der Waals surface area contributed by atoms with Gasteiger partial charge in [-0.3, -0.25) is 0 Å².